The molecule has 2 aromatic carbocycles. The van der Waals surface area contributed by atoms with E-state index in [-0.39, 0.29) is 11.7 Å². The summed E-state index contributed by atoms with van der Waals surface area (Å²) in [4.78, 5) is 21.2. The number of nitrogens with zero attached hydrogens (tertiary/aromatic N) is 4. The maximum absolute atomic E-state index is 12.6. The zero-order valence-corrected chi connectivity index (χ0v) is 14.7. The molecule has 27 heavy (non-hydrogen) atoms. The fourth-order valence-corrected chi connectivity index (χ4v) is 3.25. The van der Waals surface area contributed by atoms with Crippen LogP contribution in [0.4, 0.5) is 5.69 Å². The van der Waals surface area contributed by atoms with Gasteiger partial charge in [0.05, 0.1) is 0 Å². The Kier molecular flexibility index (Phi) is 3.24. The average molecular weight is 357 g/mol. The third-order valence-electron chi connectivity index (χ3n) is 4.46. The molecule has 3 aromatic heterocycles. The molecule has 3 heterocycles. The zero-order valence-electron chi connectivity index (χ0n) is 14.7. The number of anilines is 1. The first-order chi connectivity index (χ1) is 13.1. The molecule has 1 N–H and O–H groups in total. The van der Waals surface area contributed by atoms with Crippen LogP contribution in [0.1, 0.15) is 22.0 Å². The molecular weight excluding hydrogens is 342 g/mol. The lowest BCUT2D eigenvalue weighted by Gasteiger charge is -2.02. The van der Waals surface area contributed by atoms with Crippen molar-refractivity contribution >= 4 is 39.3 Å². The first kappa shape index (κ1) is 15.5. The number of hydrogen-bond acceptors (Lipinski definition) is 5. The van der Waals surface area contributed by atoms with Crippen LogP contribution >= 0.6 is 0 Å². The van der Waals surface area contributed by atoms with Crippen LogP contribution in [0, 0.1) is 13.8 Å². The lowest BCUT2D eigenvalue weighted by atomic mass is 10.1. The molecule has 0 atom stereocenters. The number of aromatic nitrogens is 4. The highest BCUT2D eigenvalue weighted by Crippen LogP contribution is 2.30. The maximum atomic E-state index is 12.6. The van der Waals surface area contributed by atoms with Crippen molar-refractivity contribution in [3.63, 3.8) is 0 Å². The average Bonchev–Trinajstić information content (AvgIpc) is 3.23. The molecule has 132 valence electrons. The zero-order chi connectivity index (χ0) is 18.5. The van der Waals surface area contributed by atoms with E-state index in [1.807, 2.05) is 56.3 Å². The van der Waals surface area contributed by atoms with Crippen LogP contribution in [0.2, 0.25) is 0 Å². The highest BCUT2D eigenvalue weighted by atomic mass is 16.3. The number of para-hydroxylation sites is 1. The largest absolute Gasteiger partial charge is 0.456 e. The molecule has 0 aliphatic carbocycles. The molecule has 0 saturated heterocycles. The highest BCUT2D eigenvalue weighted by Gasteiger charge is 2.16. The van der Waals surface area contributed by atoms with Gasteiger partial charge in [-0.05, 0) is 44.2 Å². The summed E-state index contributed by atoms with van der Waals surface area (Å²) in [6.45, 7) is 3.78. The van der Waals surface area contributed by atoms with E-state index < -0.39 is 0 Å². The van der Waals surface area contributed by atoms with Gasteiger partial charge in [-0.1, -0.05) is 18.2 Å². The van der Waals surface area contributed by atoms with Crippen molar-refractivity contribution in [1.82, 2.24) is 19.6 Å². The van der Waals surface area contributed by atoms with Gasteiger partial charge >= 0.3 is 0 Å². The Bertz CT molecular complexity index is 1350. The second kappa shape index (κ2) is 5.63. The predicted molar refractivity (Wildman–Crippen MR) is 102 cm³/mol. The van der Waals surface area contributed by atoms with Crippen molar-refractivity contribution in [3.8, 4) is 0 Å². The number of fused-ring (bicyclic) bond motifs is 4. The van der Waals surface area contributed by atoms with Crippen molar-refractivity contribution in [2.24, 2.45) is 0 Å². The SMILES string of the molecule is Cc1cc(C)n2nc(C(=O)Nc3ccc4oc5ccccc5c4c3)nc2n1. The molecule has 0 aliphatic heterocycles. The van der Waals surface area contributed by atoms with E-state index in [1.54, 1.807) is 10.6 Å². The summed E-state index contributed by atoms with van der Waals surface area (Å²) < 4.78 is 7.38. The number of carbonyl (C=O) groups is 1. The van der Waals surface area contributed by atoms with Crippen molar-refractivity contribution < 1.29 is 9.21 Å². The van der Waals surface area contributed by atoms with Crippen molar-refractivity contribution in [1.29, 1.82) is 0 Å². The Balaban J connectivity index is 1.52. The van der Waals surface area contributed by atoms with Gasteiger partial charge in [0.25, 0.3) is 11.7 Å². The van der Waals surface area contributed by atoms with Gasteiger partial charge in [0.1, 0.15) is 11.2 Å². The van der Waals surface area contributed by atoms with Crippen molar-refractivity contribution in [3.05, 3.63) is 65.7 Å². The summed E-state index contributed by atoms with van der Waals surface area (Å²) >= 11 is 0. The minimum atomic E-state index is -0.385. The summed E-state index contributed by atoms with van der Waals surface area (Å²) in [5, 5.41) is 9.07. The monoisotopic (exact) mass is 357 g/mol. The van der Waals surface area contributed by atoms with Crippen LogP contribution in [0.15, 0.2) is 52.9 Å². The highest BCUT2D eigenvalue weighted by molar-refractivity contribution is 6.08. The van der Waals surface area contributed by atoms with Crippen LogP contribution in [-0.4, -0.2) is 25.5 Å². The third kappa shape index (κ3) is 2.52. The van der Waals surface area contributed by atoms with E-state index in [2.05, 4.69) is 20.4 Å². The number of nitrogens with one attached hydrogen (secondary N) is 1. The van der Waals surface area contributed by atoms with Crippen LogP contribution in [0.3, 0.4) is 0 Å². The smallest absolute Gasteiger partial charge is 0.295 e. The molecule has 0 bridgehead atoms. The summed E-state index contributed by atoms with van der Waals surface area (Å²) in [5.74, 6) is 0.104. The van der Waals surface area contributed by atoms with Crippen LogP contribution in [0.5, 0.6) is 0 Å². The fraction of sp³-hybridized carbons (Fsp3) is 0.100. The summed E-state index contributed by atoms with van der Waals surface area (Å²) in [7, 11) is 0. The van der Waals surface area contributed by atoms with Gasteiger partial charge in [0, 0.05) is 27.8 Å². The number of aryl methyl sites for hydroxylation is 2. The predicted octanol–water partition coefficient (Wildman–Crippen LogP) is 3.89. The minimum absolute atomic E-state index is 0.0772. The number of furan rings is 1. The van der Waals surface area contributed by atoms with Crippen LogP contribution < -0.4 is 5.32 Å². The molecule has 5 aromatic rings. The Morgan fingerprint density at radius 3 is 2.70 bits per heavy atom. The Labute approximate surface area is 153 Å². The third-order valence-corrected chi connectivity index (χ3v) is 4.46. The maximum Gasteiger partial charge on any atom is 0.295 e. The number of rotatable bonds is 2. The first-order valence-corrected chi connectivity index (χ1v) is 8.52. The Morgan fingerprint density at radius 1 is 1.00 bits per heavy atom. The molecule has 5 rings (SSSR count). The summed E-state index contributed by atoms with van der Waals surface area (Å²) in [6.07, 6.45) is 0. The molecule has 7 heteroatoms. The molecule has 0 fully saturated rings. The lowest BCUT2D eigenvalue weighted by molar-refractivity contribution is 0.101. The molecule has 0 radical (unpaired) electrons. The van der Waals surface area contributed by atoms with Gasteiger partial charge in [-0.25, -0.2) is 9.50 Å². The van der Waals surface area contributed by atoms with Crippen LogP contribution in [-0.2, 0) is 0 Å². The molecule has 0 saturated carbocycles. The summed E-state index contributed by atoms with van der Waals surface area (Å²) in [5.41, 5.74) is 3.94. The van der Waals surface area contributed by atoms with E-state index in [4.69, 9.17) is 4.42 Å². The van der Waals surface area contributed by atoms with Gasteiger partial charge < -0.3 is 9.73 Å². The fourth-order valence-electron chi connectivity index (χ4n) is 3.25. The van der Waals surface area contributed by atoms with Gasteiger partial charge in [-0.3, -0.25) is 4.79 Å². The van der Waals surface area contributed by atoms with E-state index in [0.29, 0.717) is 11.5 Å². The second-order valence-electron chi connectivity index (χ2n) is 6.45. The molecular formula is C20H15N5O2. The van der Waals surface area contributed by atoms with Gasteiger partial charge in [0.2, 0.25) is 5.82 Å². The van der Waals surface area contributed by atoms with E-state index >= 15 is 0 Å². The molecule has 0 unspecified atom stereocenters. The van der Waals surface area contributed by atoms with Gasteiger partial charge in [-0.15, -0.1) is 5.10 Å². The summed E-state index contributed by atoms with van der Waals surface area (Å²) in [6, 6.07) is 15.2. The van der Waals surface area contributed by atoms with E-state index in [9.17, 15) is 4.79 Å². The molecule has 0 aliphatic rings. The Hall–Kier alpha value is -3.74. The van der Waals surface area contributed by atoms with Crippen molar-refractivity contribution in [2.45, 2.75) is 13.8 Å². The van der Waals surface area contributed by atoms with E-state index in [1.165, 1.54) is 0 Å². The Morgan fingerprint density at radius 2 is 1.81 bits per heavy atom. The normalized spacial score (nSPS) is 11.5. The van der Waals surface area contributed by atoms with Gasteiger partial charge in [-0.2, -0.15) is 4.98 Å². The standard InChI is InChI=1S/C20H15N5O2/c1-11-9-12(2)25-20(21-11)23-18(24-25)19(26)22-13-7-8-17-15(10-13)14-5-3-4-6-16(14)27-17/h3-10H,1-2H3,(H,22,26). The molecule has 1 amide bonds. The number of amides is 1. The molecule has 0 spiro atoms. The van der Waals surface area contributed by atoms with Gasteiger partial charge in [0.15, 0.2) is 0 Å². The van der Waals surface area contributed by atoms with Crippen LogP contribution in [0.25, 0.3) is 27.7 Å². The number of benzene rings is 2. The van der Waals surface area contributed by atoms with E-state index in [0.717, 1.165) is 33.3 Å². The quantitative estimate of drug-likeness (QED) is 0.518. The van der Waals surface area contributed by atoms with Crippen molar-refractivity contribution in [2.75, 3.05) is 5.32 Å². The first-order valence-electron chi connectivity index (χ1n) is 8.52. The minimum Gasteiger partial charge on any atom is -0.456 e. The number of carbonyl (C=O) groups excluding carboxylic acids is 1. The number of hydrogen-bond donors (Lipinski definition) is 1. The molecule has 7 nitrogen and oxygen atoms in total. The second-order valence-corrected chi connectivity index (χ2v) is 6.45. The topological polar surface area (TPSA) is 85.3 Å². The lowest BCUT2D eigenvalue weighted by Crippen LogP contribution is -2.14.